The minimum atomic E-state index is -0.647. The molecule has 0 bridgehead atoms. The number of aryl methyl sites for hydroxylation is 1. The van der Waals surface area contributed by atoms with Gasteiger partial charge in [0.15, 0.2) is 0 Å². The summed E-state index contributed by atoms with van der Waals surface area (Å²) in [4.78, 5) is 13.7. The van der Waals surface area contributed by atoms with Gasteiger partial charge in [0.1, 0.15) is 6.04 Å². The van der Waals surface area contributed by atoms with Crippen molar-refractivity contribution in [2.24, 2.45) is 0 Å². The van der Waals surface area contributed by atoms with Gasteiger partial charge in [0.25, 0.3) is 0 Å². The molecule has 2 atom stereocenters. The lowest BCUT2D eigenvalue weighted by Gasteiger charge is -2.41. The number of nitrogens with zero attached hydrogens (tertiary/aromatic N) is 1. The van der Waals surface area contributed by atoms with Crippen LogP contribution in [0.15, 0.2) is 22.7 Å². The molecule has 1 heterocycles. The van der Waals surface area contributed by atoms with Crippen LogP contribution in [0, 0.1) is 0 Å². The van der Waals surface area contributed by atoms with E-state index < -0.39 is 5.97 Å². The van der Waals surface area contributed by atoms with Gasteiger partial charge < -0.3 is 5.11 Å². The molecular formula is C16H20BrNO2. The average Bonchev–Trinajstić information content (AvgIpc) is 2.46. The second-order valence-electron chi connectivity index (χ2n) is 5.90. The number of hydrogen-bond donors (Lipinski definition) is 1. The molecule has 1 fully saturated rings. The largest absolute Gasteiger partial charge is 0.480 e. The van der Waals surface area contributed by atoms with Crippen LogP contribution >= 0.6 is 15.9 Å². The summed E-state index contributed by atoms with van der Waals surface area (Å²) in [6, 6.07) is 6.60. The van der Waals surface area contributed by atoms with Crippen LogP contribution in [0.4, 0.5) is 0 Å². The lowest BCUT2D eigenvalue weighted by Crippen LogP contribution is -2.51. The van der Waals surface area contributed by atoms with Crippen LogP contribution < -0.4 is 0 Å². The Hall–Kier alpha value is -0.870. The summed E-state index contributed by atoms with van der Waals surface area (Å²) in [5, 5.41) is 9.42. The maximum absolute atomic E-state index is 11.4. The Morgan fingerprint density at radius 1 is 1.25 bits per heavy atom. The Labute approximate surface area is 128 Å². The summed E-state index contributed by atoms with van der Waals surface area (Å²) in [5.74, 6) is -0.647. The van der Waals surface area contributed by atoms with Crippen molar-refractivity contribution in [3.05, 3.63) is 33.8 Å². The first kappa shape index (κ1) is 14.1. The lowest BCUT2D eigenvalue weighted by atomic mass is 9.85. The third-order valence-electron chi connectivity index (χ3n) is 4.67. The van der Waals surface area contributed by atoms with Crippen LogP contribution in [0.25, 0.3) is 0 Å². The van der Waals surface area contributed by atoms with Crippen LogP contribution in [0.5, 0.6) is 0 Å². The van der Waals surface area contributed by atoms with Gasteiger partial charge >= 0.3 is 5.97 Å². The molecule has 0 aromatic heterocycles. The maximum Gasteiger partial charge on any atom is 0.320 e. The fraction of sp³-hybridized carbons (Fsp3) is 0.562. The Balaban J connectivity index is 1.78. The fourth-order valence-corrected chi connectivity index (χ4v) is 4.05. The van der Waals surface area contributed by atoms with Crippen molar-refractivity contribution in [2.75, 3.05) is 6.54 Å². The minimum Gasteiger partial charge on any atom is -0.480 e. The topological polar surface area (TPSA) is 40.5 Å². The van der Waals surface area contributed by atoms with Gasteiger partial charge in [-0.15, -0.1) is 0 Å². The molecule has 20 heavy (non-hydrogen) atoms. The van der Waals surface area contributed by atoms with Gasteiger partial charge in [-0.1, -0.05) is 28.4 Å². The number of aliphatic carboxylic acids is 1. The molecule has 2 unspecified atom stereocenters. The van der Waals surface area contributed by atoms with E-state index in [4.69, 9.17) is 0 Å². The number of rotatable bonds is 2. The predicted octanol–water partition coefficient (Wildman–Crippen LogP) is 3.25. The van der Waals surface area contributed by atoms with Crippen molar-refractivity contribution in [1.82, 2.24) is 4.90 Å². The molecule has 1 saturated heterocycles. The molecular weight excluding hydrogens is 318 g/mol. The highest BCUT2D eigenvalue weighted by atomic mass is 79.9. The number of carboxylic acid groups (broad SMARTS) is 1. The molecule has 108 valence electrons. The molecule has 1 aromatic rings. The number of hydrogen-bond acceptors (Lipinski definition) is 2. The molecule has 0 radical (unpaired) electrons. The van der Waals surface area contributed by atoms with E-state index in [0.717, 1.165) is 49.5 Å². The first-order chi connectivity index (χ1) is 9.65. The van der Waals surface area contributed by atoms with Gasteiger partial charge in [0.2, 0.25) is 0 Å². The Morgan fingerprint density at radius 3 is 2.90 bits per heavy atom. The standard InChI is InChI=1S/C16H20BrNO2/c17-13-6-4-12-10-14(7-5-11(12)9-13)18-8-2-1-3-15(18)16(19)20/h4,6,9,14-15H,1-3,5,7-8,10H2,(H,19,20). The Bertz CT molecular complexity index is 517. The normalized spacial score (nSPS) is 27.1. The third kappa shape index (κ3) is 2.77. The number of likely N-dealkylation sites (tertiary alicyclic amines) is 1. The van der Waals surface area contributed by atoms with Gasteiger partial charge in [-0.05, 0) is 61.9 Å². The number of halogens is 1. The first-order valence-electron chi connectivity index (χ1n) is 7.41. The zero-order valence-corrected chi connectivity index (χ0v) is 13.1. The smallest absolute Gasteiger partial charge is 0.320 e. The molecule has 0 amide bonds. The molecule has 1 N–H and O–H groups in total. The SMILES string of the molecule is O=C(O)C1CCCCN1C1CCc2cc(Br)ccc2C1. The minimum absolute atomic E-state index is 0.272. The highest BCUT2D eigenvalue weighted by molar-refractivity contribution is 9.10. The molecule has 2 aliphatic rings. The molecule has 0 spiro atoms. The second-order valence-corrected chi connectivity index (χ2v) is 6.81. The van der Waals surface area contributed by atoms with Crippen molar-refractivity contribution in [3.63, 3.8) is 0 Å². The van der Waals surface area contributed by atoms with Gasteiger partial charge in [-0.3, -0.25) is 9.69 Å². The molecule has 4 heteroatoms. The van der Waals surface area contributed by atoms with Gasteiger partial charge in [0.05, 0.1) is 0 Å². The molecule has 0 saturated carbocycles. The highest BCUT2D eigenvalue weighted by Crippen LogP contribution is 2.30. The van der Waals surface area contributed by atoms with Crippen molar-refractivity contribution < 1.29 is 9.90 Å². The van der Waals surface area contributed by atoms with Crippen LogP contribution in [0.1, 0.15) is 36.8 Å². The van der Waals surface area contributed by atoms with Crippen molar-refractivity contribution in [2.45, 2.75) is 50.6 Å². The van der Waals surface area contributed by atoms with Crippen LogP contribution in [0.3, 0.4) is 0 Å². The van der Waals surface area contributed by atoms with Gasteiger partial charge in [-0.25, -0.2) is 0 Å². The predicted molar refractivity (Wildman–Crippen MR) is 81.9 cm³/mol. The fourth-order valence-electron chi connectivity index (χ4n) is 3.64. The van der Waals surface area contributed by atoms with Crippen LogP contribution in [-0.4, -0.2) is 34.6 Å². The van der Waals surface area contributed by atoms with E-state index in [0.29, 0.717) is 6.04 Å². The summed E-state index contributed by atoms with van der Waals surface area (Å²) in [6.07, 6.45) is 6.11. The number of carboxylic acids is 1. The third-order valence-corrected chi connectivity index (χ3v) is 5.16. The van der Waals surface area contributed by atoms with E-state index in [2.05, 4.69) is 39.0 Å². The average molecular weight is 338 g/mol. The lowest BCUT2D eigenvalue weighted by molar-refractivity contribution is -0.146. The summed E-state index contributed by atoms with van der Waals surface area (Å²) in [5.41, 5.74) is 2.80. The quantitative estimate of drug-likeness (QED) is 0.900. The Morgan fingerprint density at radius 2 is 2.10 bits per heavy atom. The van der Waals surface area contributed by atoms with E-state index in [1.807, 2.05) is 0 Å². The summed E-state index contributed by atoms with van der Waals surface area (Å²) in [6.45, 7) is 0.938. The van der Waals surface area contributed by atoms with Gasteiger partial charge in [0, 0.05) is 10.5 Å². The first-order valence-corrected chi connectivity index (χ1v) is 8.20. The van der Waals surface area contributed by atoms with Gasteiger partial charge in [-0.2, -0.15) is 0 Å². The highest BCUT2D eigenvalue weighted by Gasteiger charge is 2.34. The molecule has 1 aromatic carbocycles. The summed E-state index contributed by atoms with van der Waals surface area (Å²) < 4.78 is 1.14. The number of benzene rings is 1. The van der Waals surface area contributed by atoms with Crippen molar-refractivity contribution in [3.8, 4) is 0 Å². The van der Waals surface area contributed by atoms with E-state index in [1.165, 1.54) is 11.1 Å². The van der Waals surface area contributed by atoms with Crippen molar-refractivity contribution >= 4 is 21.9 Å². The second kappa shape index (κ2) is 5.86. The molecule has 3 nitrogen and oxygen atoms in total. The number of fused-ring (bicyclic) bond motifs is 1. The van der Waals surface area contributed by atoms with Crippen LogP contribution in [0.2, 0.25) is 0 Å². The number of piperidine rings is 1. The van der Waals surface area contributed by atoms with Crippen molar-refractivity contribution in [1.29, 1.82) is 0 Å². The maximum atomic E-state index is 11.4. The monoisotopic (exact) mass is 337 g/mol. The molecule has 3 rings (SSSR count). The zero-order chi connectivity index (χ0) is 14.1. The van der Waals surface area contributed by atoms with E-state index in [9.17, 15) is 9.90 Å². The summed E-state index contributed by atoms with van der Waals surface area (Å²) in [7, 11) is 0. The Kier molecular flexibility index (Phi) is 4.13. The molecule has 1 aliphatic carbocycles. The number of carbonyl (C=O) groups is 1. The van der Waals surface area contributed by atoms with E-state index in [-0.39, 0.29) is 6.04 Å². The van der Waals surface area contributed by atoms with E-state index >= 15 is 0 Å². The zero-order valence-electron chi connectivity index (χ0n) is 11.5. The molecule has 1 aliphatic heterocycles. The van der Waals surface area contributed by atoms with E-state index in [1.54, 1.807) is 0 Å². The van der Waals surface area contributed by atoms with Crippen LogP contribution in [-0.2, 0) is 17.6 Å². The summed E-state index contributed by atoms with van der Waals surface area (Å²) >= 11 is 3.52.